The zero-order chi connectivity index (χ0) is 67.6. The number of imidazole rings is 1. The molecule has 418 valence electrons. The second-order valence-corrected chi connectivity index (χ2v) is 27.1. The molecule has 0 bridgehead atoms. The van der Waals surface area contributed by atoms with Gasteiger partial charge < -0.3 is 4.74 Å². The molecule has 0 amide bonds. The molecule has 12 aromatic carbocycles. The van der Waals surface area contributed by atoms with Crippen molar-refractivity contribution in [1.29, 1.82) is 0 Å². The molecule has 15 aromatic rings. The van der Waals surface area contributed by atoms with E-state index in [1.807, 2.05) is 125 Å². The van der Waals surface area contributed by atoms with Crippen molar-refractivity contribution in [2.24, 2.45) is 0 Å². The van der Waals surface area contributed by atoms with E-state index in [1.54, 1.807) is 6.07 Å². The molecule has 3 aromatic heterocycles. The zero-order valence-electron chi connectivity index (χ0n) is 58.4. The molecule has 6 heteroatoms. The number of benzene rings is 12. The number of hydrogen-bond acceptors (Lipinski definition) is 2. The van der Waals surface area contributed by atoms with Crippen molar-refractivity contribution in [1.82, 2.24) is 14.1 Å². The predicted molar refractivity (Wildman–Crippen MR) is 365 cm³/mol. The zero-order valence-corrected chi connectivity index (χ0v) is 49.4. The lowest BCUT2D eigenvalue weighted by atomic mass is 9.87. The minimum absolute atomic E-state index is 0.00896. The summed E-state index contributed by atoms with van der Waals surface area (Å²) in [5, 5.41) is 6.59. The average Bonchev–Trinajstić information content (AvgIpc) is 1.52. The second-order valence-electron chi connectivity index (χ2n) is 23.3. The first-order valence-corrected chi connectivity index (χ1v) is 31.4. The van der Waals surface area contributed by atoms with Crippen LogP contribution in [0.1, 0.15) is 40.0 Å². The Kier molecular flexibility index (Phi) is 10.3. The fourth-order valence-electron chi connectivity index (χ4n) is 13.3. The molecule has 0 aliphatic carbocycles. The van der Waals surface area contributed by atoms with Crippen LogP contribution in [0.15, 0.2) is 309 Å². The van der Waals surface area contributed by atoms with Gasteiger partial charge in [0.25, 0.3) is 6.33 Å². The van der Waals surface area contributed by atoms with Crippen molar-refractivity contribution in [2.75, 3.05) is 0 Å². The number of nitrogens with zero attached hydrogens (tertiary/aromatic N) is 4. The molecule has 0 spiro atoms. The maximum Gasteiger partial charge on any atom is 0.269 e. The van der Waals surface area contributed by atoms with E-state index >= 15 is 0 Å². The quantitative estimate of drug-likeness (QED) is 0.0592. The van der Waals surface area contributed by atoms with E-state index in [-0.39, 0.29) is 28.6 Å². The molecule has 0 saturated heterocycles. The van der Waals surface area contributed by atoms with E-state index in [1.165, 1.54) is 0 Å². The van der Waals surface area contributed by atoms with Crippen LogP contribution in [-0.2, 0) is 5.41 Å². The third-order valence-corrected chi connectivity index (χ3v) is 22.0. The number of para-hydroxylation sites is 2. The van der Waals surface area contributed by atoms with Gasteiger partial charge in [-0.25, -0.2) is 4.98 Å². The first-order valence-electron chi connectivity index (χ1n) is 34.4. The maximum absolute atomic E-state index is 9.71. The first kappa shape index (κ1) is 42.8. The summed E-state index contributed by atoms with van der Waals surface area (Å²) in [6.45, 7) is 6.56. The second kappa shape index (κ2) is 21.2. The molecule has 1 aliphatic heterocycles. The van der Waals surface area contributed by atoms with E-state index in [4.69, 9.17) is 17.9 Å². The van der Waals surface area contributed by atoms with Crippen LogP contribution in [-0.4, -0.2) is 22.2 Å². The van der Waals surface area contributed by atoms with E-state index in [0.717, 1.165) is 76.2 Å². The van der Waals surface area contributed by atoms with Crippen LogP contribution < -0.4 is 30.1 Å². The Hall–Kier alpha value is -10.9. The molecule has 0 unspecified atom stereocenters. The molecule has 4 heterocycles. The normalized spacial score (nSPS) is 13.6. The predicted octanol–water partition coefficient (Wildman–Crippen LogP) is 17.3. The third-order valence-electron chi connectivity index (χ3n) is 17.2. The average molecular weight is 1160 g/mol. The monoisotopic (exact) mass is 1150 g/mol. The number of hydrogen-bond donors (Lipinski definition) is 0. The molecule has 1 aliphatic rings. The summed E-state index contributed by atoms with van der Waals surface area (Å²) >= 11 is 0. The van der Waals surface area contributed by atoms with Crippen LogP contribution in [0.4, 0.5) is 0 Å². The van der Waals surface area contributed by atoms with E-state index in [9.17, 15) is 5.48 Å². The van der Waals surface area contributed by atoms with Crippen LogP contribution in [0.2, 0.25) is 0 Å². The summed E-state index contributed by atoms with van der Waals surface area (Å²) in [5.74, 6) is 1.80. The number of fused-ring (bicyclic) bond motifs is 10. The number of aromatic nitrogens is 4. The highest BCUT2D eigenvalue weighted by Gasteiger charge is 2.42. The molecule has 0 atom stereocenters. The summed E-state index contributed by atoms with van der Waals surface area (Å²) in [7, 11) is -3.28. The molecule has 5 nitrogen and oxygen atoms in total. The molecule has 0 saturated carbocycles. The summed E-state index contributed by atoms with van der Waals surface area (Å²) in [6, 6.07) is 77.6. The van der Waals surface area contributed by atoms with Gasteiger partial charge in [-0.15, -0.1) is 0 Å². The summed E-state index contributed by atoms with van der Waals surface area (Å²) in [4.78, 5) is 4.92. The molecule has 88 heavy (non-hydrogen) atoms. The highest BCUT2D eigenvalue weighted by Crippen LogP contribution is 2.47. The van der Waals surface area contributed by atoms with Gasteiger partial charge in [-0.05, 0) is 142 Å². The Balaban J connectivity index is 1.00. The van der Waals surface area contributed by atoms with Gasteiger partial charge in [-0.3, -0.25) is 13.7 Å². The smallest absolute Gasteiger partial charge is 0.269 e. The summed E-state index contributed by atoms with van der Waals surface area (Å²) in [6.07, 6.45) is 5.67. The lowest BCUT2D eigenvalue weighted by molar-refractivity contribution is -0.570. The minimum atomic E-state index is -3.28. The van der Waals surface area contributed by atoms with Crippen molar-refractivity contribution in [3.63, 3.8) is 0 Å². The van der Waals surface area contributed by atoms with Gasteiger partial charge in [-0.1, -0.05) is 263 Å². The fraction of sp³-hybridized carbons (Fsp3) is 0.0488. The molecule has 0 N–H and O–H groups in total. The van der Waals surface area contributed by atoms with Gasteiger partial charge in [0, 0.05) is 23.0 Å². The maximum atomic E-state index is 9.71. The van der Waals surface area contributed by atoms with E-state index in [0.29, 0.717) is 56.2 Å². The van der Waals surface area contributed by atoms with Gasteiger partial charge >= 0.3 is 0 Å². The van der Waals surface area contributed by atoms with Gasteiger partial charge in [-0.2, -0.15) is 0 Å². The third kappa shape index (κ3) is 8.74. The first-order chi connectivity index (χ1) is 47.4. The Morgan fingerprint density at radius 3 is 1.73 bits per heavy atom. The van der Waals surface area contributed by atoms with Gasteiger partial charge in [0.15, 0.2) is 8.07 Å². The molecule has 0 radical (unpaired) electrons. The van der Waals surface area contributed by atoms with E-state index < -0.39 is 56.4 Å². The summed E-state index contributed by atoms with van der Waals surface area (Å²) in [5.41, 5.74) is 9.98. The lowest BCUT2D eigenvalue weighted by Crippen LogP contribution is -2.74. The molecule has 0 fully saturated rings. The van der Waals surface area contributed by atoms with Crippen LogP contribution in [0.5, 0.6) is 11.5 Å². The van der Waals surface area contributed by atoms with Crippen LogP contribution >= 0.6 is 0 Å². The minimum Gasteiger partial charge on any atom is -0.458 e. The summed E-state index contributed by atoms with van der Waals surface area (Å²) < 4.78 is 105. The number of pyridine rings is 1. The van der Waals surface area contributed by atoms with Crippen LogP contribution in [0, 0.1) is 6.33 Å². The van der Waals surface area contributed by atoms with Crippen molar-refractivity contribution < 1.29 is 23.0 Å². The van der Waals surface area contributed by atoms with Crippen molar-refractivity contribution >= 4 is 61.7 Å². The Morgan fingerprint density at radius 1 is 0.432 bits per heavy atom. The standard InChI is InChI=1S/C82H60N4OSi/c1-82(2,3)59-47-48-83-79(51-59)86-76-42-22-21-39-71(76)72-45-43-62(53-77(72)86)87-61-30-23-29-60(52-61)84-55-85-80-67(57-27-11-5-12-28-57)40-24-41-73(80)74-54-66(88(63-31-13-6-14-32-63,64-33-15-7-16-34-64)65-35-17-8-18-36-65)44-46-70(74)68-37-19-20-38-69(68)75-49-58(50-78(84)81(75)85)56-25-9-4-10-26-56/h4-54H,1-3H3/i4D,5D,9D,10D,11D,12D,25D,26D,27D,28D. The molecular formula is C82H60N4OSi. The lowest BCUT2D eigenvalue weighted by Gasteiger charge is -2.35. The Morgan fingerprint density at radius 2 is 1.02 bits per heavy atom. The number of rotatable bonds is 10. The Labute approximate surface area is 528 Å². The SMILES string of the molecule is [2H]c1c([2H])c([2H])c(-c2cc3c4c(c2)n(-c2cccc(Oc5ccc6c7ccccc7n(-c7cc(C(C)(C)C)ccn7)c6c5)c2)[c-][n+]4-c2c(cccc2-c2c([2H])c([2H])c([2H])c([2H])c2[2H])-c2cc([Si](c4ccccc4)(c4ccccc4)c4ccccc4)ccc2-c2ccccc2-3)c([2H])c1[2H]. The van der Waals surface area contributed by atoms with Gasteiger partial charge in [0.2, 0.25) is 0 Å². The van der Waals surface area contributed by atoms with Crippen LogP contribution in [0.3, 0.4) is 0 Å². The van der Waals surface area contributed by atoms with E-state index in [2.05, 4.69) is 159 Å². The molecular weight excluding hydrogens is 1090 g/mol. The topological polar surface area (TPSA) is 35.9 Å². The Bertz CT molecular complexity index is 5640. The highest BCUT2D eigenvalue weighted by atomic mass is 28.3. The fourth-order valence-corrected chi connectivity index (χ4v) is 18.0. The highest BCUT2D eigenvalue weighted by molar-refractivity contribution is 7.20. The van der Waals surface area contributed by atoms with Gasteiger partial charge in [0.1, 0.15) is 17.3 Å². The number of ether oxygens (including phenoxy) is 1. The van der Waals surface area contributed by atoms with Crippen LogP contribution in [0.25, 0.3) is 106 Å². The van der Waals surface area contributed by atoms with Crippen molar-refractivity contribution in [3.8, 4) is 84.3 Å². The van der Waals surface area contributed by atoms with Crippen molar-refractivity contribution in [3.05, 3.63) is 321 Å². The van der Waals surface area contributed by atoms with Crippen molar-refractivity contribution in [2.45, 2.75) is 26.2 Å². The van der Waals surface area contributed by atoms with Gasteiger partial charge in [0.05, 0.1) is 47.1 Å². The molecule has 16 rings (SSSR count). The largest absolute Gasteiger partial charge is 0.458 e.